The molecule has 2 atom stereocenters. The molecular formula is C22H29N7O. The normalized spacial score (nSPS) is 18.8. The fourth-order valence-electron chi connectivity index (χ4n) is 4.17. The topological polar surface area (TPSA) is 97.1 Å². The highest BCUT2D eigenvalue weighted by molar-refractivity contribution is 5.92. The summed E-state index contributed by atoms with van der Waals surface area (Å²) in [5.74, 6) is 1.24. The molecule has 2 N–H and O–H groups in total. The van der Waals surface area contributed by atoms with Crippen molar-refractivity contribution in [2.45, 2.75) is 70.9 Å². The van der Waals surface area contributed by atoms with Crippen molar-refractivity contribution in [3.63, 3.8) is 0 Å². The average Bonchev–Trinajstić information content (AvgIpc) is 3.39. The van der Waals surface area contributed by atoms with E-state index in [0.717, 1.165) is 55.0 Å². The number of aromatic nitrogens is 5. The molecule has 3 aromatic heterocycles. The minimum atomic E-state index is -0.164. The number of carbonyl (C=O) groups is 1. The van der Waals surface area contributed by atoms with E-state index in [1.165, 1.54) is 6.20 Å². The monoisotopic (exact) mass is 407 g/mol. The van der Waals surface area contributed by atoms with Crippen LogP contribution in [0.2, 0.25) is 0 Å². The number of nitrogens with one attached hydrogen (secondary N) is 2. The van der Waals surface area contributed by atoms with Crippen LogP contribution in [-0.2, 0) is 0 Å². The molecule has 4 rings (SSSR count). The lowest BCUT2D eigenvalue weighted by molar-refractivity contribution is 0.0932. The largest absolute Gasteiger partial charge is 0.367 e. The molecule has 8 nitrogen and oxygen atoms in total. The van der Waals surface area contributed by atoms with Crippen LogP contribution in [0.3, 0.4) is 0 Å². The molecule has 0 unspecified atom stereocenters. The van der Waals surface area contributed by atoms with E-state index >= 15 is 0 Å². The maximum Gasteiger partial charge on any atom is 0.271 e. The molecule has 158 valence electrons. The van der Waals surface area contributed by atoms with Crippen LogP contribution < -0.4 is 10.6 Å². The predicted molar refractivity (Wildman–Crippen MR) is 116 cm³/mol. The smallest absolute Gasteiger partial charge is 0.271 e. The van der Waals surface area contributed by atoms with Gasteiger partial charge in [-0.05, 0) is 39.0 Å². The summed E-state index contributed by atoms with van der Waals surface area (Å²) >= 11 is 0. The SMILES string of the molecule is CCC(CC)c1cc(N[C@H]2CC[C@H](NC(=O)c3cnc(C)cn3)C2)n2nccc2n1. The molecule has 0 radical (unpaired) electrons. The van der Waals surface area contributed by atoms with Crippen LogP contribution in [0.1, 0.15) is 73.7 Å². The van der Waals surface area contributed by atoms with E-state index in [4.69, 9.17) is 4.98 Å². The van der Waals surface area contributed by atoms with Crippen LogP contribution >= 0.6 is 0 Å². The Hall–Kier alpha value is -3.03. The molecular weight excluding hydrogens is 378 g/mol. The summed E-state index contributed by atoms with van der Waals surface area (Å²) in [4.78, 5) is 25.6. The van der Waals surface area contributed by atoms with Gasteiger partial charge < -0.3 is 10.6 Å². The summed E-state index contributed by atoms with van der Waals surface area (Å²) in [6.07, 6.45) is 9.82. The van der Waals surface area contributed by atoms with Gasteiger partial charge in [-0.15, -0.1) is 0 Å². The van der Waals surface area contributed by atoms with Crippen molar-refractivity contribution in [3.8, 4) is 0 Å². The third-order valence-electron chi connectivity index (χ3n) is 5.92. The molecule has 1 aliphatic carbocycles. The van der Waals surface area contributed by atoms with Crippen molar-refractivity contribution in [1.29, 1.82) is 0 Å². The first-order chi connectivity index (χ1) is 14.6. The summed E-state index contributed by atoms with van der Waals surface area (Å²) in [7, 11) is 0. The van der Waals surface area contributed by atoms with Gasteiger partial charge >= 0.3 is 0 Å². The van der Waals surface area contributed by atoms with Crippen LogP contribution in [0.25, 0.3) is 5.65 Å². The van der Waals surface area contributed by atoms with Crippen LogP contribution in [0, 0.1) is 6.92 Å². The molecule has 8 heteroatoms. The second-order valence-electron chi connectivity index (χ2n) is 8.05. The molecule has 0 bridgehead atoms. The third kappa shape index (κ3) is 4.27. The zero-order valence-corrected chi connectivity index (χ0v) is 17.8. The Labute approximate surface area is 176 Å². The predicted octanol–water partition coefficient (Wildman–Crippen LogP) is 3.49. The van der Waals surface area contributed by atoms with E-state index in [1.54, 1.807) is 12.4 Å². The number of hydrogen-bond acceptors (Lipinski definition) is 6. The van der Waals surface area contributed by atoms with Gasteiger partial charge in [0, 0.05) is 42.0 Å². The van der Waals surface area contributed by atoms with Gasteiger partial charge in [0.25, 0.3) is 5.91 Å². The van der Waals surface area contributed by atoms with Crippen molar-refractivity contribution in [2.75, 3.05) is 5.32 Å². The lowest BCUT2D eigenvalue weighted by Crippen LogP contribution is -2.34. The van der Waals surface area contributed by atoms with E-state index in [-0.39, 0.29) is 18.0 Å². The Morgan fingerprint density at radius 1 is 1.20 bits per heavy atom. The Bertz CT molecular complexity index is 1010. The zero-order chi connectivity index (χ0) is 21.1. The average molecular weight is 408 g/mol. The Morgan fingerprint density at radius 2 is 2.00 bits per heavy atom. The standard InChI is InChI=1S/C22H29N7O/c1-4-15(5-2)18-11-21(29-20(28-18)8-9-25-29)26-16-6-7-17(10-16)27-22(30)19-13-23-14(3)12-24-19/h8-9,11-13,15-17,26H,4-7,10H2,1-3H3,(H,27,30)/t16-,17-/m0/s1. The number of fused-ring (bicyclic) bond motifs is 1. The van der Waals surface area contributed by atoms with Gasteiger partial charge in [-0.25, -0.2) is 9.97 Å². The summed E-state index contributed by atoms with van der Waals surface area (Å²) < 4.78 is 1.86. The van der Waals surface area contributed by atoms with Gasteiger partial charge in [0.2, 0.25) is 0 Å². The second kappa shape index (κ2) is 8.77. The molecule has 30 heavy (non-hydrogen) atoms. The number of rotatable bonds is 7. The quantitative estimate of drug-likeness (QED) is 0.622. The Morgan fingerprint density at radius 3 is 2.73 bits per heavy atom. The third-order valence-corrected chi connectivity index (χ3v) is 5.92. The second-order valence-corrected chi connectivity index (χ2v) is 8.05. The summed E-state index contributed by atoms with van der Waals surface area (Å²) in [6.45, 7) is 6.25. The minimum Gasteiger partial charge on any atom is -0.367 e. The maximum absolute atomic E-state index is 12.4. The molecule has 0 saturated heterocycles. The lowest BCUT2D eigenvalue weighted by Gasteiger charge is -2.19. The number of hydrogen-bond donors (Lipinski definition) is 2. The fraction of sp³-hybridized carbons (Fsp3) is 0.500. The van der Waals surface area contributed by atoms with Crippen molar-refractivity contribution in [2.24, 2.45) is 0 Å². The number of carbonyl (C=O) groups excluding carboxylic acids is 1. The zero-order valence-electron chi connectivity index (χ0n) is 17.8. The van der Waals surface area contributed by atoms with Crippen molar-refractivity contribution < 1.29 is 4.79 Å². The van der Waals surface area contributed by atoms with Gasteiger partial charge in [-0.3, -0.25) is 9.78 Å². The van der Waals surface area contributed by atoms with Gasteiger partial charge in [0.15, 0.2) is 5.65 Å². The van der Waals surface area contributed by atoms with Crippen LogP contribution in [0.15, 0.2) is 30.7 Å². The van der Waals surface area contributed by atoms with Crippen molar-refractivity contribution >= 4 is 17.4 Å². The number of nitrogens with zero attached hydrogens (tertiary/aromatic N) is 5. The van der Waals surface area contributed by atoms with Crippen LogP contribution in [0.4, 0.5) is 5.82 Å². The highest BCUT2D eigenvalue weighted by Gasteiger charge is 2.27. The number of amides is 1. The number of anilines is 1. The first kappa shape index (κ1) is 20.3. The van der Waals surface area contributed by atoms with E-state index in [9.17, 15) is 4.79 Å². The summed E-state index contributed by atoms with van der Waals surface area (Å²) in [5, 5.41) is 11.2. The molecule has 1 saturated carbocycles. The van der Waals surface area contributed by atoms with E-state index < -0.39 is 0 Å². The molecule has 0 spiro atoms. The van der Waals surface area contributed by atoms with Crippen molar-refractivity contribution in [3.05, 3.63) is 47.8 Å². The molecule has 0 aliphatic heterocycles. The molecule has 3 heterocycles. The van der Waals surface area contributed by atoms with E-state index in [0.29, 0.717) is 11.6 Å². The van der Waals surface area contributed by atoms with Gasteiger partial charge in [0.1, 0.15) is 11.5 Å². The molecule has 1 aliphatic rings. The lowest BCUT2D eigenvalue weighted by atomic mass is 9.99. The summed E-state index contributed by atoms with van der Waals surface area (Å²) in [6, 6.07) is 4.46. The van der Waals surface area contributed by atoms with Gasteiger partial charge in [-0.2, -0.15) is 9.61 Å². The van der Waals surface area contributed by atoms with Crippen molar-refractivity contribution in [1.82, 2.24) is 29.9 Å². The number of aryl methyl sites for hydroxylation is 1. The van der Waals surface area contributed by atoms with Crippen LogP contribution in [-0.4, -0.2) is 42.6 Å². The highest BCUT2D eigenvalue weighted by Crippen LogP contribution is 2.27. The van der Waals surface area contributed by atoms with Gasteiger partial charge in [-0.1, -0.05) is 13.8 Å². The first-order valence-corrected chi connectivity index (χ1v) is 10.8. The summed E-state index contributed by atoms with van der Waals surface area (Å²) in [5.41, 5.74) is 3.13. The van der Waals surface area contributed by atoms with E-state index in [1.807, 2.05) is 17.5 Å². The van der Waals surface area contributed by atoms with Crippen LogP contribution in [0.5, 0.6) is 0 Å². The highest BCUT2D eigenvalue weighted by atomic mass is 16.1. The maximum atomic E-state index is 12.4. The Kier molecular flexibility index (Phi) is 5.92. The molecule has 0 aromatic carbocycles. The van der Waals surface area contributed by atoms with Gasteiger partial charge in [0.05, 0.1) is 18.1 Å². The molecule has 1 fully saturated rings. The molecule has 1 amide bonds. The minimum absolute atomic E-state index is 0.117. The Balaban J connectivity index is 1.44. The molecule has 3 aromatic rings. The fourth-order valence-corrected chi connectivity index (χ4v) is 4.17. The first-order valence-electron chi connectivity index (χ1n) is 10.8. The van der Waals surface area contributed by atoms with E-state index in [2.05, 4.69) is 45.6 Å².